The Labute approximate surface area is 170 Å². The predicted molar refractivity (Wildman–Crippen MR) is 113 cm³/mol. The summed E-state index contributed by atoms with van der Waals surface area (Å²) in [4.78, 5) is 17.0. The molecule has 1 aromatic heterocycles. The van der Waals surface area contributed by atoms with Crippen molar-refractivity contribution < 1.29 is 4.74 Å². The molecule has 0 spiro atoms. The van der Waals surface area contributed by atoms with Crippen molar-refractivity contribution in [2.24, 2.45) is 5.92 Å². The van der Waals surface area contributed by atoms with Crippen LogP contribution >= 0.6 is 0 Å². The second-order valence-corrected chi connectivity index (χ2v) is 9.15. The number of hydrogen-bond donors (Lipinski definition) is 0. The fraction of sp³-hybridized carbons (Fsp3) is 0.818. The van der Waals surface area contributed by atoms with Gasteiger partial charge in [0.2, 0.25) is 5.95 Å². The lowest BCUT2D eigenvalue weighted by molar-refractivity contribution is -0.00574. The number of ether oxygens (including phenoxy) is 1. The van der Waals surface area contributed by atoms with E-state index in [0.717, 1.165) is 56.3 Å². The van der Waals surface area contributed by atoms with Crippen LogP contribution in [0.25, 0.3) is 0 Å². The third-order valence-electron chi connectivity index (χ3n) is 6.73. The summed E-state index contributed by atoms with van der Waals surface area (Å²) in [6.45, 7) is 14.1. The van der Waals surface area contributed by atoms with Crippen LogP contribution in [0.1, 0.15) is 52.1 Å². The molecule has 0 radical (unpaired) electrons. The summed E-state index contributed by atoms with van der Waals surface area (Å²) in [6, 6.07) is 2.89. The smallest absolute Gasteiger partial charge is 0.225 e. The van der Waals surface area contributed by atoms with Gasteiger partial charge in [-0.2, -0.15) is 0 Å². The summed E-state index contributed by atoms with van der Waals surface area (Å²) < 4.78 is 5.85. The van der Waals surface area contributed by atoms with E-state index in [1.54, 1.807) is 0 Å². The molecule has 4 unspecified atom stereocenters. The minimum absolute atomic E-state index is 0.228. The molecular formula is C22H37N5O. The molecule has 6 heteroatoms. The van der Waals surface area contributed by atoms with Gasteiger partial charge in [0.1, 0.15) is 0 Å². The van der Waals surface area contributed by atoms with Crippen LogP contribution in [0.4, 0.5) is 5.95 Å². The Morgan fingerprint density at radius 1 is 1.00 bits per heavy atom. The summed E-state index contributed by atoms with van der Waals surface area (Å²) in [5.41, 5.74) is 1.14. The van der Waals surface area contributed by atoms with Crippen LogP contribution in [0, 0.1) is 5.92 Å². The molecule has 1 saturated carbocycles. The van der Waals surface area contributed by atoms with Gasteiger partial charge in [0, 0.05) is 58.1 Å². The summed E-state index contributed by atoms with van der Waals surface area (Å²) in [6.07, 6.45) is 8.02. The molecule has 0 bridgehead atoms. The molecule has 28 heavy (non-hydrogen) atoms. The zero-order chi connectivity index (χ0) is 19.5. The van der Waals surface area contributed by atoms with E-state index in [1.165, 1.54) is 38.8 Å². The van der Waals surface area contributed by atoms with E-state index in [2.05, 4.69) is 46.5 Å². The van der Waals surface area contributed by atoms with Crippen molar-refractivity contribution in [1.82, 2.24) is 19.8 Å². The lowest BCUT2D eigenvalue weighted by Crippen LogP contribution is -2.52. The van der Waals surface area contributed by atoms with E-state index < -0.39 is 0 Å². The molecule has 3 fully saturated rings. The molecule has 0 N–H and O–H groups in total. The Balaban J connectivity index is 1.32. The van der Waals surface area contributed by atoms with Gasteiger partial charge in [-0.15, -0.1) is 0 Å². The molecule has 0 amide bonds. The van der Waals surface area contributed by atoms with Gasteiger partial charge >= 0.3 is 0 Å². The highest BCUT2D eigenvalue weighted by molar-refractivity contribution is 5.31. The summed E-state index contributed by atoms with van der Waals surface area (Å²) in [5.74, 6) is 1.72. The van der Waals surface area contributed by atoms with Crippen molar-refractivity contribution in [3.05, 3.63) is 18.0 Å². The van der Waals surface area contributed by atoms with Crippen molar-refractivity contribution in [1.29, 1.82) is 0 Å². The van der Waals surface area contributed by atoms with Gasteiger partial charge in [-0.1, -0.05) is 19.8 Å². The minimum atomic E-state index is 0.228. The first kappa shape index (κ1) is 20.0. The fourth-order valence-electron chi connectivity index (χ4n) is 5.29. The molecular weight excluding hydrogens is 350 g/mol. The third-order valence-corrected chi connectivity index (χ3v) is 6.73. The first-order valence-electron chi connectivity index (χ1n) is 11.3. The van der Waals surface area contributed by atoms with Crippen LogP contribution in [-0.4, -0.2) is 77.3 Å². The van der Waals surface area contributed by atoms with Crippen molar-refractivity contribution in [3.63, 3.8) is 0 Å². The highest BCUT2D eigenvalue weighted by atomic mass is 16.5. The maximum atomic E-state index is 5.85. The van der Waals surface area contributed by atoms with Gasteiger partial charge in [0.25, 0.3) is 0 Å². The number of aromatic nitrogens is 2. The Hall–Kier alpha value is -1.24. The highest BCUT2D eigenvalue weighted by Crippen LogP contribution is 2.29. The van der Waals surface area contributed by atoms with Crippen LogP contribution in [0.5, 0.6) is 0 Å². The largest absolute Gasteiger partial charge is 0.372 e. The van der Waals surface area contributed by atoms with Crippen LogP contribution in [0.2, 0.25) is 0 Å². The van der Waals surface area contributed by atoms with Gasteiger partial charge < -0.3 is 9.64 Å². The summed E-state index contributed by atoms with van der Waals surface area (Å²) >= 11 is 0. The first-order valence-corrected chi connectivity index (χ1v) is 11.3. The van der Waals surface area contributed by atoms with E-state index in [1.807, 2.05) is 6.20 Å². The van der Waals surface area contributed by atoms with Gasteiger partial charge in [0.15, 0.2) is 0 Å². The van der Waals surface area contributed by atoms with E-state index in [0.29, 0.717) is 0 Å². The van der Waals surface area contributed by atoms with E-state index in [9.17, 15) is 0 Å². The Kier molecular flexibility index (Phi) is 6.48. The maximum Gasteiger partial charge on any atom is 0.225 e. The fourth-order valence-corrected chi connectivity index (χ4v) is 5.29. The number of anilines is 1. The molecule has 1 aliphatic carbocycles. The van der Waals surface area contributed by atoms with Crippen LogP contribution in [0.3, 0.4) is 0 Å². The van der Waals surface area contributed by atoms with Gasteiger partial charge in [-0.3, -0.25) is 9.80 Å². The molecule has 2 aliphatic heterocycles. The van der Waals surface area contributed by atoms with E-state index >= 15 is 0 Å². The number of rotatable bonds is 4. The zero-order valence-corrected chi connectivity index (χ0v) is 17.9. The van der Waals surface area contributed by atoms with Gasteiger partial charge in [-0.25, -0.2) is 9.97 Å². The second kappa shape index (κ2) is 9.06. The first-order chi connectivity index (χ1) is 13.6. The SMILES string of the molecule is CC1CN(c2nccc(CN3CCN(C4CCCCC4C)CC3)n2)CC(C)O1. The van der Waals surface area contributed by atoms with Crippen LogP contribution in [-0.2, 0) is 11.3 Å². The molecule has 156 valence electrons. The number of hydrogen-bond acceptors (Lipinski definition) is 6. The normalized spacial score (nSPS) is 33.2. The van der Waals surface area contributed by atoms with Crippen LogP contribution < -0.4 is 4.90 Å². The van der Waals surface area contributed by atoms with Gasteiger partial charge in [0.05, 0.1) is 17.9 Å². The standard InChI is InChI=1S/C22H37N5O/c1-17-6-4-5-7-21(17)26-12-10-25(11-13-26)16-20-8-9-23-22(24-20)27-14-18(2)28-19(3)15-27/h8-9,17-19,21H,4-7,10-16H2,1-3H3. The molecule has 0 aromatic carbocycles. The zero-order valence-electron chi connectivity index (χ0n) is 17.9. The summed E-state index contributed by atoms with van der Waals surface area (Å²) in [5, 5.41) is 0. The van der Waals surface area contributed by atoms with Gasteiger partial charge in [-0.05, 0) is 38.7 Å². The number of nitrogens with zero attached hydrogens (tertiary/aromatic N) is 5. The number of piperazine rings is 1. The van der Waals surface area contributed by atoms with Crippen molar-refractivity contribution in [2.45, 2.75) is 71.2 Å². The highest BCUT2D eigenvalue weighted by Gasteiger charge is 2.30. The minimum Gasteiger partial charge on any atom is -0.372 e. The molecule has 4 rings (SSSR count). The number of morpholine rings is 1. The lowest BCUT2D eigenvalue weighted by atomic mass is 9.84. The van der Waals surface area contributed by atoms with Crippen molar-refractivity contribution >= 4 is 5.95 Å². The quantitative estimate of drug-likeness (QED) is 0.792. The molecule has 4 atom stereocenters. The predicted octanol–water partition coefficient (Wildman–Crippen LogP) is 2.79. The molecule has 3 heterocycles. The van der Waals surface area contributed by atoms with E-state index in [-0.39, 0.29) is 12.2 Å². The van der Waals surface area contributed by atoms with Crippen molar-refractivity contribution in [2.75, 3.05) is 44.2 Å². The Bertz CT molecular complexity index is 623. The lowest BCUT2D eigenvalue weighted by Gasteiger charge is -2.43. The molecule has 6 nitrogen and oxygen atoms in total. The van der Waals surface area contributed by atoms with E-state index in [4.69, 9.17) is 9.72 Å². The Morgan fingerprint density at radius 2 is 1.71 bits per heavy atom. The summed E-state index contributed by atoms with van der Waals surface area (Å²) in [7, 11) is 0. The molecule has 3 aliphatic rings. The Morgan fingerprint density at radius 3 is 2.43 bits per heavy atom. The monoisotopic (exact) mass is 387 g/mol. The average molecular weight is 388 g/mol. The maximum absolute atomic E-state index is 5.85. The molecule has 1 aromatic rings. The molecule has 2 saturated heterocycles. The third kappa shape index (κ3) is 4.84. The van der Waals surface area contributed by atoms with Crippen molar-refractivity contribution in [3.8, 4) is 0 Å². The topological polar surface area (TPSA) is 44.7 Å². The average Bonchev–Trinajstić information content (AvgIpc) is 2.69. The van der Waals surface area contributed by atoms with Crippen LogP contribution in [0.15, 0.2) is 12.3 Å². The second-order valence-electron chi connectivity index (χ2n) is 9.15.